The molecule has 0 aromatic carbocycles. The summed E-state index contributed by atoms with van der Waals surface area (Å²) in [7, 11) is 0. The molecule has 1 atom stereocenters. The average molecular weight is 223 g/mol. The van der Waals surface area contributed by atoms with E-state index in [1.807, 2.05) is 24.0 Å². The Morgan fingerprint density at radius 3 is 3.27 bits per heavy atom. The molecule has 2 rings (SSSR count). The maximum atomic E-state index is 5.63. The average Bonchev–Trinajstić information content (AvgIpc) is 2.29. The molecule has 4 heteroatoms. The second-order valence-electron chi connectivity index (χ2n) is 3.85. The number of thioether (sulfide) groups is 1. The van der Waals surface area contributed by atoms with Gasteiger partial charge in [-0.15, -0.1) is 0 Å². The van der Waals surface area contributed by atoms with Gasteiger partial charge in [0.1, 0.15) is 5.82 Å². The van der Waals surface area contributed by atoms with Gasteiger partial charge in [0.05, 0.1) is 0 Å². The summed E-state index contributed by atoms with van der Waals surface area (Å²) in [5.41, 5.74) is 6.78. The van der Waals surface area contributed by atoms with Gasteiger partial charge in [-0.25, -0.2) is 4.98 Å². The van der Waals surface area contributed by atoms with Crippen LogP contribution in [-0.2, 0) is 6.54 Å². The summed E-state index contributed by atoms with van der Waals surface area (Å²) < 4.78 is 0. The molecule has 0 saturated carbocycles. The summed E-state index contributed by atoms with van der Waals surface area (Å²) >= 11 is 2.03. The minimum atomic E-state index is 0.591. The number of nitrogens with two attached hydrogens (primary N) is 1. The Kier molecular flexibility index (Phi) is 3.49. The van der Waals surface area contributed by atoms with Crippen molar-refractivity contribution in [2.75, 3.05) is 23.7 Å². The number of rotatable bonds is 2. The Bertz CT molecular complexity index is 329. The second-order valence-corrected chi connectivity index (χ2v) is 5.40. The van der Waals surface area contributed by atoms with E-state index in [1.165, 1.54) is 5.75 Å². The molecule has 0 amide bonds. The third-order valence-corrected chi connectivity index (χ3v) is 3.75. The van der Waals surface area contributed by atoms with E-state index in [0.29, 0.717) is 11.8 Å². The first-order chi connectivity index (χ1) is 7.29. The fraction of sp³-hybridized carbons (Fsp3) is 0.545. The van der Waals surface area contributed by atoms with Gasteiger partial charge in [0, 0.05) is 36.8 Å². The molecular formula is C11H17N3S. The molecule has 0 radical (unpaired) electrons. The Morgan fingerprint density at radius 1 is 1.67 bits per heavy atom. The molecule has 0 bridgehead atoms. The standard InChI is InChI=1S/C11H17N3S/c1-9-8-14(4-5-15-9)11-6-10(7-12)2-3-13-11/h2-3,6,9H,4-5,7-8,12H2,1H3. The first-order valence-electron chi connectivity index (χ1n) is 5.31. The van der Waals surface area contributed by atoms with Crippen LogP contribution in [0.25, 0.3) is 0 Å². The zero-order valence-corrected chi connectivity index (χ0v) is 9.83. The van der Waals surface area contributed by atoms with Crippen molar-refractivity contribution in [1.82, 2.24) is 4.98 Å². The summed E-state index contributed by atoms with van der Waals surface area (Å²) in [6, 6.07) is 4.08. The first kappa shape index (κ1) is 10.8. The lowest BCUT2D eigenvalue weighted by atomic mass is 10.2. The van der Waals surface area contributed by atoms with Crippen LogP contribution in [0, 0.1) is 0 Å². The highest BCUT2D eigenvalue weighted by molar-refractivity contribution is 8.00. The summed E-state index contributed by atoms with van der Waals surface area (Å²) in [5, 5.41) is 0.696. The van der Waals surface area contributed by atoms with E-state index in [4.69, 9.17) is 5.73 Å². The van der Waals surface area contributed by atoms with Crippen LogP contribution < -0.4 is 10.6 Å². The van der Waals surface area contributed by atoms with Crippen molar-refractivity contribution in [3.63, 3.8) is 0 Å². The monoisotopic (exact) mass is 223 g/mol. The van der Waals surface area contributed by atoms with Gasteiger partial charge >= 0.3 is 0 Å². The maximum Gasteiger partial charge on any atom is 0.128 e. The third kappa shape index (κ3) is 2.63. The quantitative estimate of drug-likeness (QED) is 0.824. The molecule has 82 valence electrons. The molecule has 1 aliphatic rings. The second kappa shape index (κ2) is 4.86. The number of anilines is 1. The molecule has 1 fully saturated rings. The van der Waals surface area contributed by atoms with Gasteiger partial charge in [0.2, 0.25) is 0 Å². The Hall–Kier alpha value is -0.740. The minimum Gasteiger partial charge on any atom is -0.355 e. The molecule has 1 aromatic rings. The van der Waals surface area contributed by atoms with Crippen LogP contribution in [0.3, 0.4) is 0 Å². The predicted octanol–water partition coefficient (Wildman–Crippen LogP) is 1.48. The maximum absolute atomic E-state index is 5.63. The highest BCUT2D eigenvalue weighted by atomic mass is 32.2. The van der Waals surface area contributed by atoms with Gasteiger partial charge in [-0.3, -0.25) is 0 Å². The highest BCUT2D eigenvalue weighted by Crippen LogP contribution is 2.22. The van der Waals surface area contributed by atoms with Crippen LogP contribution in [0.5, 0.6) is 0 Å². The van der Waals surface area contributed by atoms with Crippen LogP contribution in [0.4, 0.5) is 5.82 Å². The SMILES string of the molecule is CC1CN(c2cc(CN)ccn2)CCS1. The van der Waals surface area contributed by atoms with E-state index in [0.717, 1.165) is 24.5 Å². The highest BCUT2D eigenvalue weighted by Gasteiger charge is 2.17. The van der Waals surface area contributed by atoms with E-state index in [-0.39, 0.29) is 0 Å². The Balaban J connectivity index is 2.13. The zero-order valence-electron chi connectivity index (χ0n) is 9.02. The number of aromatic nitrogens is 1. The van der Waals surface area contributed by atoms with E-state index in [2.05, 4.69) is 22.9 Å². The van der Waals surface area contributed by atoms with Crippen LogP contribution in [0.2, 0.25) is 0 Å². The first-order valence-corrected chi connectivity index (χ1v) is 6.36. The molecule has 1 saturated heterocycles. The molecule has 1 aromatic heterocycles. The molecule has 0 spiro atoms. The number of pyridine rings is 1. The third-order valence-electron chi connectivity index (χ3n) is 2.61. The van der Waals surface area contributed by atoms with Crippen molar-refractivity contribution < 1.29 is 0 Å². The number of hydrogen-bond acceptors (Lipinski definition) is 4. The topological polar surface area (TPSA) is 42.1 Å². The van der Waals surface area contributed by atoms with E-state index >= 15 is 0 Å². The van der Waals surface area contributed by atoms with Crippen molar-refractivity contribution in [2.24, 2.45) is 5.73 Å². The van der Waals surface area contributed by atoms with Crippen LogP contribution in [0.15, 0.2) is 18.3 Å². The summed E-state index contributed by atoms with van der Waals surface area (Å²) in [4.78, 5) is 6.75. The van der Waals surface area contributed by atoms with Crippen LogP contribution >= 0.6 is 11.8 Å². The van der Waals surface area contributed by atoms with Crippen molar-refractivity contribution in [3.8, 4) is 0 Å². The van der Waals surface area contributed by atoms with Gasteiger partial charge in [-0.05, 0) is 17.7 Å². The lowest BCUT2D eigenvalue weighted by molar-refractivity contribution is 0.769. The molecule has 2 N–H and O–H groups in total. The number of nitrogens with zero attached hydrogens (tertiary/aromatic N) is 2. The minimum absolute atomic E-state index is 0.591. The van der Waals surface area contributed by atoms with Crippen molar-refractivity contribution in [2.45, 2.75) is 18.7 Å². The fourth-order valence-electron chi connectivity index (χ4n) is 1.79. The summed E-state index contributed by atoms with van der Waals surface area (Å²) in [5.74, 6) is 2.26. The van der Waals surface area contributed by atoms with Gasteiger partial charge in [-0.1, -0.05) is 6.92 Å². The molecule has 1 unspecified atom stereocenters. The molecule has 3 nitrogen and oxygen atoms in total. The molecule has 1 aliphatic heterocycles. The van der Waals surface area contributed by atoms with E-state index < -0.39 is 0 Å². The van der Waals surface area contributed by atoms with E-state index in [9.17, 15) is 0 Å². The molecular weight excluding hydrogens is 206 g/mol. The van der Waals surface area contributed by atoms with Gasteiger partial charge in [0.25, 0.3) is 0 Å². The summed E-state index contributed by atoms with van der Waals surface area (Å²) in [6.45, 7) is 5.04. The zero-order chi connectivity index (χ0) is 10.7. The van der Waals surface area contributed by atoms with Crippen LogP contribution in [0.1, 0.15) is 12.5 Å². The summed E-state index contributed by atoms with van der Waals surface area (Å²) in [6.07, 6.45) is 1.85. The lowest BCUT2D eigenvalue weighted by Gasteiger charge is -2.31. The normalized spacial score (nSPS) is 21.7. The van der Waals surface area contributed by atoms with Gasteiger partial charge < -0.3 is 10.6 Å². The molecule has 0 aliphatic carbocycles. The van der Waals surface area contributed by atoms with Crippen molar-refractivity contribution in [3.05, 3.63) is 23.9 Å². The van der Waals surface area contributed by atoms with Crippen molar-refractivity contribution in [1.29, 1.82) is 0 Å². The molecule has 2 heterocycles. The Morgan fingerprint density at radius 2 is 2.53 bits per heavy atom. The predicted molar refractivity (Wildman–Crippen MR) is 66.3 cm³/mol. The fourth-order valence-corrected chi connectivity index (χ4v) is 2.80. The molecule has 15 heavy (non-hydrogen) atoms. The van der Waals surface area contributed by atoms with E-state index in [1.54, 1.807) is 0 Å². The van der Waals surface area contributed by atoms with Gasteiger partial charge in [-0.2, -0.15) is 11.8 Å². The lowest BCUT2D eigenvalue weighted by Crippen LogP contribution is -2.37. The van der Waals surface area contributed by atoms with Gasteiger partial charge in [0.15, 0.2) is 0 Å². The number of hydrogen-bond donors (Lipinski definition) is 1. The van der Waals surface area contributed by atoms with Crippen molar-refractivity contribution >= 4 is 17.6 Å². The van der Waals surface area contributed by atoms with Crippen LogP contribution in [-0.4, -0.2) is 29.1 Å². The largest absolute Gasteiger partial charge is 0.355 e. The Labute approximate surface area is 95.1 Å². The smallest absolute Gasteiger partial charge is 0.128 e.